The van der Waals surface area contributed by atoms with Crippen LogP contribution in [0.4, 0.5) is 0 Å². The Morgan fingerprint density at radius 3 is 2.64 bits per heavy atom. The van der Waals surface area contributed by atoms with Crippen LogP contribution in [-0.2, 0) is 15.9 Å². The van der Waals surface area contributed by atoms with Gasteiger partial charge in [0.05, 0.1) is 36.2 Å². The summed E-state index contributed by atoms with van der Waals surface area (Å²) >= 11 is 0. The van der Waals surface area contributed by atoms with Crippen LogP contribution in [-0.4, -0.2) is 59.1 Å². The highest BCUT2D eigenvalue weighted by molar-refractivity contribution is 5.95. The molecule has 0 N–H and O–H groups in total. The molecule has 140 valence electrons. The maximum atomic E-state index is 13.1. The molecule has 1 amide bonds. The Hall–Kier alpha value is -1.40. The van der Waals surface area contributed by atoms with Gasteiger partial charge in [0.1, 0.15) is 6.10 Å². The molecule has 3 rings (SSSR count). The van der Waals surface area contributed by atoms with E-state index in [9.17, 15) is 4.79 Å². The molecule has 2 aliphatic rings. The van der Waals surface area contributed by atoms with E-state index in [1.54, 1.807) is 6.20 Å². The first kappa shape index (κ1) is 18.4. The lowest BCUT2D eigenvalue weighted by Crippen LogP contribution is -2.49. The summed E-state index contributed by atoms with van der Waals surface area (Å²) in [6, 6.07) is 0.362. The zero-order valence-electron chi connectivity index (χ0n) is 15.7. The first-order valence-electron chi connectivity index (χ1n) is 9.78. The van der Waals surface area contributed by atoms with Gasteiger partial charge in [-0.1, -0.05) is 20.8 Å². The third-order valence-electron chi connectivity index (χ3n) is 5.51. The van der Waals surface area contributed by atoms with Crippen molar-refractivity contribution in [3.8, 4) is 0 Å². The van der Waals surface area contributed by atoms with E-state index >= 15 is 0 Å². The Labute approximate surface area is 150 Å². The number of rotatable bonds is 6. The van der Waals surface area contributed by atoms with Crippen LogP contribution < -0.4 is 0 Å². The number of ether oxygens (including phenoxy) is 2. The Morgan fingerprint density at radius 1 is 1.24 bits per heavy atom. The molecule has 1 aromatic heterocycles. The van der Waals surface area contributed by atoms with Gasteiger partial charge in [-0.3, -0.25) is 9.48 Å². The third kappa shape index (κ3) is 3.75. The van der Waals surface area contributed by atoms with Gasteiger partial charge in [-0.2, -0.15) is 5.10 Å². The summed E-state index contributed by atoms with van der Waals surface area (Å²) in [5.41, 5.74) is 1.81. The van der Waals surface area contributed by atoms with Gasteiger partial charge in [-0.25, -0.2) is 0 Å². The highest BCUT2D eigenvalue weighted by Gasteiger charge is 2.34. The smallest absolute Gasteiger partial charge is 0.257 e. The summed E-state index contributed by atoms with van der Waals surface area (Å²) in [5.74, 6) is 0.0837. The molecule has 0 spiro atoms. The monoisotopic (exact) mass is 349 g/mol. The fraction of sp³-hybridized carbons (Fsp3) is 0.789. The van der Waals surface area contributed by atoms with E-state index in [4.69, 9.17) is 9.47 Å². The molecule has 0 aliphatic carbocycles. The lowest BCUT2D eigenvalue weighted by atomic mass is 10.1. The Morgan fingerprint density at radius 2 is 2.00 bits per heavy atom. The molecule has 3 heterocycles. The first-order chi connectivity index (χ1) is 12.2. The zero-order valence-corrected chi connectivity index (χ0v) is 15.7. The van der Waals surface area contributed by atoms with E-state index < -0.39 is 0 Å². The van der Waals surface area contributed by atoms with E-state index in [0.29, 0.717) is 25.7 Å². The van der Waals surface area contributed by atoms with Gasteiger partial charge < -0.3 is 14.4 Å². The quantitative estimate of drug-likeness (QED) is 0.792. The van der Waals surface area contributed by atoms with E-state index in [-0.39, 0.29) is 18.1 Å². The van der Waals surface area contributed by atoms with E-state index in [1.165, 1.54) is 0 Å². The SMILES string of the molecule is CCc1c(C(=O)N2CCO[C@H]([C@H]3CCCO3)C2)cnn1C(CC)CC. The number of morpholine rings is 1. The van der Waals surface area contributed by atoms with Gasteiger partial charge in [-0.05, 0) is 32.1 Å². The van der Waals surface area contributed by atoms with Crippen LogP contribution in [0.15, 0.2) is 6.20 Å². The topological polar surface area (TPSA) is 56.6 Å². The number of nitrogens with zero attached hydrogens (tertiary/aromatic N) is 3. The van der Waals surface area contributed by atoms with Crippen molar-refractivity contribution in [2.24, 2.45) is 0 Å². The molecule has 0 unspecified atom stereocenters. The second-order valence-electron chi connectivity index (χ2n) is 6.99. The highest BCUT2D eigenvalue weighted by atomic mass is 16.5. The summed E-state index contributed by atoms with van der Waals surface area (Å²) in [7, 11) is 0. The third-order valence-corrected chi connectivity index (χ3v) is 5.51. The van der Waals surface area contributed by atoms with Crippen LogP contribution in [0.2, 0.25) is 0 Å². The van der Waals surface area contributed by atoms with Gasteiger partial charge in [-0.15, -0.1) is 0 Å². The molecule has 0 bridgehead atoms. The summed E-state index contributed by atoms with van der Waals surface area (Å²) in [6.07, 6.45) is 6.87. The molecule has 0 aromatic carbocycles. The Balaban J connectivity index is 1.75. The number of aromatic nitrogens is 2. The maximum absolute atomic E-state index is 13.1. The van der Waals surface area contributed by atoms with Crippen molar-refractivity contribution < 1.29 is 14.3 Å². The van der Waals surface area contributed by atoms with Gasteiger partial charge in [0.25, 0.3) is 5.91 Å². The number of carbonyl (C=O) groups excluding carboxylic acids is 1. The van der Waals surface area contributed by atoms with E-state index in [2.05, 4.69) is 30.6 Å². The van der Waals surface area contributed by atoms with Crippen LogP contribution >= 0.6 is 0 Å². The van der Waals surface area contributed by atoms with Crippen molar-refractivity contribution in [3.05, 3.63) is 17.5 Å². The largest absolute Gasteiger partial charge is 0.375 e. The van der Waals surface area contributed by atoms with Crippen molar-refractivity contribution in [1.82, 2.24) is 14.7 Å². The zero-order chi connectivity index (χ0) is 17.8. The van der Waals surface area contributed by atoms with Crippen molar-refractivity contribution in [2.75, 3.05) is 26.3 Å². The minimum Gasteiger partial charge on any atom is -0.375 e. The molecular formula is C19H31N3O3. The summed E-state index contributed by atoms with van der Waals surface area (Å²) in [6.45, 7) is 9.08. The maximum Gasteiger partial charge on any atom is 0.257 e. The average molecular weight is 349 g/mol. The second kappa shape index (κ2) is 8.32. The molecule has 0 radical (unpaired) electrons. The predicted molar refractivity (Wildman–Crippen MR) is 95.8 cm³/mol. The lowest BCUT2D eigenvalue weighted by molar-refractivity contribution is -0.0868. The number of hydrogen-bond acceptors (Lipinski definition) is 4. The summed E-state index contributed by atoms with van der Waals surface area (Å²) in [4.78, 5) is 15.0. The van der Waals surface area contributed by atoms with Crippen LogP contribution in [0.25, 0.3) is 0 Å². The van der Waals surface area contributed by atoms with Crippen LogP contribution in [0.1, 0.15) is 68.5 Å². The standard InChI is InChI=1S/C19H31N3O3/c1-4-14(5-2)22-16(6-3)15(12-20-22)19(23)21-9-11-25-18(13-21)17-8-7-10-24-17/h12,14,17-18H,4-11,13H2,1-3H3/t17-,18+/m1/s1. The molecular weight excluding hydrogens is 318 g/mol. The van der Waals surface area contributed by atoms with Gasteiger partial charge >= 0.3 is 0 Å². The minimum atomic E-state index is -0.000599. The number of carbonyl (C=O) groups is 1. The Bertz CT molecular complexity index is 576. The number of hydrogen-bond donors (Lipinski definition) is 0. The first-order valence-corrected chi connectivity index (χ1v) is 9.78. The fourth-order valence-electron chi connectivity index (χ4n) is 4.02. The average Bonchev–Trinajstić information content (AvgIpc) is 3.32. The molecule has 2 fully saturated rings. The molecule has 2 saturated heterocycles. The molecule has 0 saturated carbocycles. The van der Waals surface area contributed by atoms with Crippen molar-refractivity contribution >= 4 is 5.91 Å². The van der Waals surface area contributed by atoms with E-state index in [1.807, 2.05) is 4.90 Å². The Kier molecular flexibility index (Phi) is 6.12. The fourth-order valence-corrected chi connectivity index (χ4v) is 4.02. The van der Waals surface area contributed by atoms with Crippen molar-refractivity contribution in [2.45, 2.75) is 71.1 Å². The van der Waals surface area contributed by atoms with Gasteiger partial charge in [0, 0.05) is 19.7 Å². The summed E-state index contributed by atoms with van der Waals surface area (Å²) in [5, 5.41) is 4.55. The highest BCUT2D eigenvalue weighted by Crippen LogP contribution is 2.24. The molecule has 6 heteroatoms. The molecule has 2 atom stereocenters. The normalized spacial score (nSPS) is 24.2. The predicted octanol–water partition coefficient (Wildman–Crippen LogP) is 2.83. The molecule has 6 nitrogen and oxygen atoms in total. The number of amides is 1. The van der Waals surface area contributed by atoms with Crippen LogP contribution in [0.3, 0.4) is 0 Å². The van der Waals surface area contributed by atoms with Gasteiger partial charge in [0.15, 0.2) is 0 Å². The minimum absolute atomic E-state index is 0.000599. The molecule has 1 aromatic rings. The van der Waals surface area contributed by atoms with Crippen molar-refractivity contribution in [1.29, 1.82) is 0 Å². The van der Waals surface area contributed by atoms with Gasteiger partial charge in [0.2, 0.25) is 0 Å². The molecule has 25 heavy (non-hydrogen) atoms. The van der Waals surface area contributed by atoms with Crippen LogP contribution in [0.5, 0.6) is 0 Å². The summed E-state index contributed by atoms with van der Waals surface area (Å²) < 4.78 is 13.7. The lowest BCUT2D eigenvalue weighted by Gasteiger charge is -2.35. The van der Waals surface area contributed by atoms with E-state index in [0.717, 1.165) is 50.0 Å². The second-order valence-corrected chi connectivity index (χ2v) is 6.99. The van der Waals surface area contributed by atoms with Crippen LogP contribution in [0, 0.1) is 0 Å². The molecule has 2 aliphatic heterocycles. The van der Waals surface area contributed by atoms with Crippen molar-refractivity contribution in [3.63, 3.8) is 0 Å².